The summed E-state index contributed by atoms with van der Waals surface area (Å²) in [5.41, 5.74) is 1.47. The Morgan fingerprint density at radius 2 is 1.50 bits per heavy atom. The van der Waals surface area contributed by atoms with E-state index in [-0.39, 0.29) is 0 Å². The lowest BCUT2D eigenvalue weighted by Gasteiger charge is -1.93. The van der Waals surface area contributed by atoms with Crippen LogP contribution in [0.25, 0.3) is 0 Å². The van der Waals surface area contributed by atoms with Crippen LogP contribution >= 0.6 is 0 Å². The van der Waals surface area contributed by atoms with Crippen molar-refractivity contribution in [3.8, 4) is 12.5 Å². The van der Waals surface area contributed by atoms with E-state index in [0.717, 1.165) is 11.1 Å². The molecule has 6 heteroatoms. The van der Waals surface area contributed by atoms with Gasteiger partial charge >= 0.3 is 12.5 Å². The molecule has 6 nitrogen and oxygen atoms in total. The topological polar surface area (TPSA) is 90.8 Å². The maximum Gasteiger partial charge on any atom is 0.316 e. The zero-order valence-electron chi connectivity index (χ0n) is 8.07. The van der Waals surface area contributed by atoms with E-state index in [1.54, 1.807) is 24.3 Å². The predicted molar refractivity (Wildman–Crippen MR) is 55.0 cm³/mol. The minimum Gasteiger partial charge on any atom is -0.276 e. The van der Waals surface area contributed by atoms with Crippen LogP contribution < -0.4 is 0 Å². The molecule has 0 atom stereocenters. The third-order valence-electron chi connectivity index (χ3n) is 1.50. The molecule has 0 saturated heterocycles. The normalized spacial score (nSPS) is 9.88. The summed E-state index contributed by atoms with van der Waals surface area (Å²) in [4.78, 5) is 8.30. The van der Waals surface area contributed by atoms with E-state index in [1.807, 2.05) is 0 Å². The maximum atomic E-state index is 8.09. The lowest BCUT2D eigenvalue weighted by atomic mass is 10.1. The molecule has 16 heavy (non-hydrogen) atoms. The SMILES string of the molecule is N#CO/N=C\c1cccc(/C=N\OC#N)c1. The van der Waals surface area contributed by atoms with Gasteiger partial charge in [0.1, 0.15) is 0 Å². The van der Waals surface area contributed by atoms with Crippen LogP contribution in [0.15, 0.2) is 34.6 Å². The molecule has 0 unspecified atom stereocenters. The van der Waals surface area contributed by atoms with Gasteiger partial charge in [0, 0.05) is 0 Å². The van der Waals surface area contributed by atoms with Gasteiger partial charge in [-0.05, 0) is 17.2 Å². The number of nitriles is 2. The molecule has 0 fully saturated rings. The first-order valence-corrected chi connectivity index (χ1v) is 4.14. The molecule has 0 heterocycles. The summed E-state index contributed by atoms with van der Waals surface area (Å²) in [6.07, 6.45) is 5.59. The van der Waals surface area contributed by atoms with E-state index in [0.29, 0.717) is 0 Å². The molecule has 0 spiro atoms. The van der Waals surface area contributed by atoms with Crippen molar-refractivity contribution in [2.75, 3.05) is 0 Å². The average Bonchev–Trinajstić information content (AvgIpc) is 2.30. The average molecular weight is 214 g/mol. The fraction of sp³-hybridized carbons (Fsp3) is 0. The van der Waals surface area contributed by atoms with Gasteiger partial charge in [-0.2, -0.15) is 0 Å². The van der Waals surface area contributed by atoms with Crippen molar-refractivity contribution in [3.05, 3.63) is 35.4 Å². The van der Waals surface area contributed by atoms with E-state index in [2.05, 4.69) is 20.0 Å². The van der Waals surface area contributed by atoms with E-state index in [4.69, 9.17) is 10.5 Å². The molecule has 0 aliphatic carbocycles. The number of nitrogens with zero attached hydrogens (tertiary/aromatic N) is 4. The molecule has 78 valence electrons. The zero-order valence-corrected chi connectivity index (χ0v) is 8.07. The Balaban J connectivity index is 2.72. The molecule has 0 N–H and O–H groups in total. The molecule has 0 radical (unpaired) electrons. The first-order chi connectivity index (χ1) is 7.86. The van der Waals surface area contributed by atoms with E-state index in [9.17, 15) is 0 Å². The van der Waals surface area contributed by atoms with Gasteiger partial charge in [0.05, 0.1) is 12.4 Å². The Kier molecular flexibility index (Phi) is 4.61. The highest BCUT2D eigenvalue weighted by Gasteiger charge is 1.91. The van der Waals surface area contributed by atoms with Crippen molar-refractivity contribution in [1.29, 1.82) is 10.5 Å². The minimum absolute atomic E-state index is 0.733. The predicted octanol–water partition coefficient (Wildman–Crippen LogP) is 1.35. The largest absolute Gasteiger partial charge is 0.316 e. The summed E-state index contributed by atoms with van der Waals surface area (Å²) in [7, 11) is 0. The van der Waals surface area contributed by atoms with Gasteiger partial charge in [-0.25, -0.2) is 0 Å². The quantitative estimate of drug-likeness (QED) is 0.429. The Morgan fingerprint density at radius 3 is 1.94 bits per heavy atom. The van der Waals surface area contributed by atoms with Gasteiger partial charge in [-0.15, -0.1) is 10.5 Å². The van der Waals surface area contributed by atoms with Crippen LogP contribution in [0.3, 0.4) is 0 Å². The van der Waals surface area contributed by atoms with Gasteiger partial charge in [0.25, 0.3) is 0 Å². The summed E-state index contributed by atoms with van der Waals surface area (Å²) < 4.78 is 0. The van der Waals surface area contributed by atoms with E-state index in [1.165, 1.54) is 24.9 Å². The molecular formula is C10H6N4O2. The van der Waals surface area contributed by atoms with Crippen molar-refractivity contribution in [1.82, 2.24) is 0 Å². The Labute approximate surface area is 91.6 Å². The van der Waals surface area contributed by atoms with Crippen LogP contribution in [-0.4, -0.2) is 12.4 Å². The van der Waals surface area contributed by atoms with Crippen LogP contribution in [0, 0.1) is 23.0 Å². The number of oxime groups is 2. The lowest BCUT2D eigenvalue weighted by molar-refractivity contribution is 0.293. The third kappa shape index (κ3) is 3.90. The molecule has 0 bridgehead atoms. The molecule has 0 aliphatic rings. The van der Waals surface area contributed by atoms with Crippen molar-refractivity contribution in [2.24, 2.45) is 10.3 Å². The number of hydrogen-bond donors (Lipinski definition) is 0. The maximum absolute atomic E-state index is 8.09. The van der Waals surface area contributed by atoms with Gasteiger partial charge in [0.2, 0.25) is 0 Å². The Bertz CT molecular complexity index is 441. The van der Waals surface area contributed by atoms with Crippen LogP contribution in [-0.2, 0) is 9.68 Å². The van der Waals surface area contributed by atoms with Gasteiger partial charge in [-0.3, -0.25) is 9.68 Å². The summed E-state index contributed by atoms with van der Waals surface area (Å²) in [6.45, 7) is 0. The Hall–Kier alpha value is -2.86. The zero-order chi connectivity index (χ0) is 11.6. The molecular weight excluding hydrogens is 208 g/mol. The van der Waals surface area contributed by atoms with E-state index >= 15 is 0 Å². The van der Waals surface area contributed by atoms with Crippen molar-refractivity contribution >= 4 is 12.4 Å². The van der Waals surface area contributed by atoms with E-state index < -0.39 is 0 Å². The molecule has 0 aromatic heterocycles. The van der Waals surface area contributed by atoms with Crippen LogP contribution in [0.2, 0.25) is 0 Å². The number of benzene rings is 1. The van der Waals surface area contributed by atoms with Crippen LogP contribution in [0.4, 0.5) is 0 Å². The summed E-state index contributed by atoms with van der Waals surface area (Å²) in [5, 5.41) is 22.9. The monoisotopic (exact) mass is 214 g/mol. The molecule has 0 saturated carbocycles. The second-order valence-electron chi connectivity index (χ2n) is 2.50. The fourth-order valence-corrected chi connectivity index (χ4v) is 0.941. The molecule has 1 rings (SSSR count). The molecule has 0 amide bonds. The molecule has 0 aliphatic heterocycles. The number of hydrogen-bond acceptors (Lipinski definition) is 6. The van der Waals surface area contributed by atoms with Crippen molar-refractivity contribution in [3.63, 3.8) is 0 Å². The fourth-order valence-electron chi connectivity index (χ4n) is 0.941. The van der Waals surface area contributed by atoms with Gasteiger partial charge in [0.15, 0.2) is 0 Å². The lowest BCUT2D eigenvalue weighted by Crippen LogP contribution is -1.86. The highest BCUT2D eigenvalue weighted by Crippen LogP contribution is 2.01. The summed E-state index contributed by atoms with van der Waals surface area (Å²) in [5.74, 6) is 0. The third-order valence-corrected chi connectivity index (χ3v) is 1.50. The summed E-state index contributed by atoms with van der Waals surface area (Å²) in [6, 6.07) is 7.04. The Morgan fingerprint density at radius 1 is 1.00 bits per heavy atom. The number of rotatable bonds is 4. The van der Waals surface area contributed by atoms with Crippen molar-refractivity contribution < 1.29 is 9.68 Å². The molecule has 1 aromatic carbocycles. The first-order valence-electron chi connectivity index (χ1n) is 4.14. The highest BCUT2D eigenvalue weighted by atomic mass is 16.6. The van der Waals surface area contributed by atoms with Crippen LogP contribution in [0.5, 0.6) is 0 Å². The van der Waals surface area contributed by atoms with Crippen LogP contribution in [0.1, 0.15) is 11.1 Å². The van der Waals surface area contributed by atoms with Gasteiger partial charge < -0.3 is 0 Å². The second kappa shape index (κ2) is 6.57. The smallest absolute Gasteiger partial charge is 0.276 e. The minimum atomic E-state index is 0.733. The molecule has 1 aromatic rings. The van der Waals surface area contributed by atoms with Crippen molar-refractivity contribution in [2.45, 2.75) is 0 Å². The van der Waals surface area contributed by atoms with Gasteiger partial charge in [-0.1, -0.05) is 28.5 Å². The highest BCUT2D eigenvalue weighted by molar-refractivity contribution is 5.85. The second-order valence-corrected chi connectivity index (χ2v) is 2.50. The first kappa shape index (κ1) is 11.2. The summed E-state index contributed by atoms with van der Waals surface area (Å²) >= 11 is 0. The standard InChI is InChI=1S/C10H6N4O2/c11-7-15-13-5-9-2-1-3-10(4-9)6-14-16-8-12/h1-6H/b13-5-,14-6-.